The Labute approximate surface area is 169 Å². The van der Waals surface area contributed by atoms with Crippen molar-refractivity contribution in [2.24, 2.45) is 0 Å². The smallest absolute Gasteiger partial charge is 0.257 e. The molecule has 2 heterocycles. The van der Waals surface area contributed by atoms with Gasteiger partial charge in [0, 0.05) is 36.6 Å². The lowest BCUT2D eigenvalue weighted by molar-refractivity contribution is -0.128. The summed E-state index contributed by atoms with van der Waals surface area (Å²) in [7, 11) is 1.63. The molecule has 0 aliphatic carbocycles. The molecule has 7 nitrogen and oxygen atoms in total. The number of likely N-dealkylation sites (tertiary alicyclic amines) is 1. The lowest BCUT2D eigenvalue weighted by Gasteiger charge is -2.17. The first-order valence-corrected chi connectivity index (χ1v) is 9.64. The van der Waals surface area contributed by atoms with Crippen molar-refractivity contribution in [3.8, 4) is 23.0 Å². The van der Waals surface area contributed by atoms with Crippen molar-refractivity contribution in [1.29, 1.82) is 0 Å². The number of para-hydroxylation sites is 1. The molecule has 1 aliphatic heterocycles. The number of rotatable bonds is 7. The maximum Gasteiger partial charge on any atom is 0.257 e. The summed E-state index contributed by atoms with van der Waals surface area (Å²) in [4.78, 5) is 18.9. The quantitative estimate of drug-likeness (QED) is 0.610. The predicted octanol–water partition coefficient (Wildman–Crippen LogP) is 3.66. The Morgan fingerprint density at radius 1 is 1.17 bits per heavy atom. The van der Waals surface area contributed by atoms with E-state index >= 15 is 0 Å². The summed E-state index contributed by atoms with van der Waals surface area (Å²) >= 11 is 0. The van der Waals surface area contributed by atoms with Crippen LogP contribution in [0.1, 0.15) is 30.7 Å². The molecule has 150 valence electrons. The number of methoxy groups -OCH3 is 1. The van der Waals surface area contributed by atoms with Crippen molar-refractivity contribution < 1.29 is 18.8 Å². The number of nitrogens with zero attached hydrogens (tertiary/aromatic N) is 3. The van der Waals surface area contributed by atoms with Crippen LogP contribution in [0.25, 0.3) is 11.5 Å². The van der Waals surface area contributed by atoms with Gasteiger partial charge in [-0.2, -0.15) is 4.98 Å². The maximum atomic E-state index is 12.5. The highest BCUT2D eigenvalue weighted by Crippen LogP contribution is 2.31. The zero-order valence-electron chi connectivity index (χ0n) is 16.5. The summed E-state index contributed by atoms with van der Waals surface area (Å²) in [6.07, 6.45) is 0.372. The highest BCUT2D eigenvalue weighted by atomic mass is 16.5. The third-order valence-corrected chi connectivity index (χ3v) is 4.99. The van der Waals surface area contributed by atoms with Gasteiger partial charge in [-0.15, -0.1) is 0 Å². The Morgan fingerprint density at radius 3 is 2.72 bits per heavy atom. The largest absolute Gasteiger partial charge is 0.496 e. The van der Waals surface area contributed by atoms with E-state index in [0.29, 0.717) is 37.8 Å². The van der Waals surface area contributed by atoms with Gasteiger partial charge in [0.05, 0.1) is 13.7 Å². The zero-order chi connectivity index (χ0) is 20.2. The van der Waals surface area contributed by atoms with Crippen LogP contribution in [0.3, 0.4) is 0 Å². The Balaban J connectivity index is 1.45. The van der Waals surface area contributed by atoms with Crippen LogP contribution >= 0.6 is 0 Å². The lowest BCUT2D eigenvalue weighted by atomic mass is 10.1. The molecule has 1 atom stereocenters. The van der Waals surface area contributed by atoms with Gasteiger partial charge in [-0.3, -0.25) is 4.79 Å². The van der Waals surface area contributed by atoms with Crippen LogP contribution < -0.4 is 9.47 Å². The second kappa shape index (κ2) is 8.34. The third-order valence-electron chi connectivity index (χ3n) is 4.99. The topological polar surface area (TPSA) is 77.7 Å². The van der Waals surface area contributed by atoms with Gasteiger partial charge >= 0.3 is 0 Å². The van der Waals surface area contributed by atoms with E-state index in [2.05, 4.69) is 10.1 Å². The van der Waals surface area contributed by atoms with E-state index in [1.165, 1.54) is 0 Å². The van der Waals surface area contributed by atoms with Crippen LogP contribution in [0.15, 0.2) is 53.1 Å². The molecule has 1 unspecified atom stereocenters. The lowest BCUT2D eigenvalue weighted by Crippen LogP contribution is -2.24. The van der Waals surface area contributed by atoms with Crippen LogP contribution in [-0.2, 0) is 11.3 Å². The molecule has 7 heteroatoms. The van der Waals surface area contributed by atoms with E-state index in [1.807, 2.05) is 60.4 Å². The Kier molecular flexibility index (Phi) is 5.46. The summed E-state index contributed by atoms with van der Waals surface area (Å²) in [5.74, 6) is 2.57. The summed E-state index contributed by atoms with van der Waals surface area (Å²) in [6.45, 7) is 3.62. The molecule has 4 rings (SSSR count). The zero-order valence-corrected chi connectivity index (χ0v) is 16.5. The average Bonchev–Trinajstić information content (AvgIpc) is 3.37. The van der Waals surface area contributed by atoms with Crippen molar-refractivity contribution in [3.05, 3.63) is 59.9 Å². The van der Waals surface area contributed by atoms with E-state index < -0.39 is 0 Å². The van der Waals surface area contributed by atoms with Gasteiger partial charge in [-0.1, -0.05) is 23.4 Å². The first-order chi connectivity index (χ1) is 14.2. The van der Waals surface area contributed by atoms with Gasteiger partial charge in [0.25, 0.3) is 5.89 Å². The monoisotopic (exact) mass is 393 g/mol. The van der Waals surface area contributed by atoms with Crippen LogP contribution in [0.4, 0.5) is 0 Å². The fourth-order valence-electron chi connectivity index (χ4n) is 3.52. The summed E-state index contributed by atoms with van der Waals surface area (Å²) < 4.78 is 16.3. The molecule has 0 spiro atoms. The van der Waals surface area contributed by atoms with E-state index in [1.54, 1.807) is 7.11 Å². The van der Waals surface area contributed by atoms with Gasteiger partial charge in [0.2, 0.25) is 5.91 Å². The van der Waals surface area contributed by atoms with Crippen LogP contribution in [0.2, 0.25) is 0 Å². The third kappa shape index (κ3) is 4.08. The molecule has 0 saturated carbocycles. The normalized spacial score (nSPS) is 16.3. The highest BCUT2D eigenvalue weighted by Gasteiger charge is 2.34. The van der Waals surface area contributed by atoms with Gasteiger partial charge in [0.1, 0.15) is 11.5 Å². The number of amides is 1. The Morgan fingerprint density at radius 2 is 1.97 bits per heavy atom. The van der Waals surface area contributed by atoms with Crippen molar-refractivity contribution in [2.75, 3.05) is 20.3 Å². The second-order valence-electron chi connectivity index (χ2n) is 6.90. The molecule has 29 heavy (non-hydrogen) atoms. The molecule has 0 radical (unpaired) electrons. The number of ether oxygens (including phenoxy) is 2. The fraction of sp³-hybridized carbons (Fsp3) is 0.318. The van der Waals surface area contributed by atoms with Gasteiger partial charge in [-0.05, 0) is 37.3 Å². The number of carbonyl (C=O) groups is 1. The summed E-state index contributed by atoms with van der Waals surface area (Å²) in [6, 6.07) is 15.2. The second-order valence-corrected chi connectivity index (χ2v) is 6.90. The number of aromatic nitrogens is 2. The number of hydrogen-bond donors (Lipinski definition) is 0. The van der Waals surface area contributed by atoms with E-state index in [9.17, 15) is 4.79 Å². The molecule has 0 N–H and O–H groups in total. The predicted molar refractivity (Wildman–Crippen MR) is 107 cm³/mol. The number of carbonyl (C=O) groups excluding carboxylic acids is 1. The van der Waals surface area contributed by atoms with Gasteiger partial charge < -0.3 is 18.9 Å². The SMILES string of the molecule is CCOc1ccc(-c2nc(C3CC(=O)N(Cc4ccccc4OC)C3)no2)cc1. The van der Waals surface area contributed by atoms with Crippen molar-refractivity contribution in [2.45, 2.75) is 25.8 Å². The van der Waals surface area contributed by atoms with Crippen molar-refractivity contribution in [1.82, 2.24) is 15.0 Å². The van der Waals surface area contributed by atoms with Crippen LogP contribution in [0, 0.1) is 0 Å². The summed E-state index contributed by atoms with van der Waals surface area (Å²) in [5, 5.41) is 4.12. The van der Waals surface area contributed by atoms with Gasteiger partial charge in [0.15, 0.2) is 5.82 Å². The van der Waals surface area contributed by atoms with Gasteiger partial charge in [-0.25, -0.2) is 0 Å². The fourth-order valence-corrected chi connectivity index (χ4v) is 3.52. The molecule has 1 saturated heterocycles. The number of hydrogen-bond acceptors (Lipinski definition) is 6. The van der Waals surface area contributed by atoms with E-state index in [4.69, 9.17) is 14.0 Å². The summed E-state index contributed by atoms with van der Waals surface area (Å²) in [5.41, 5.74) is 1.80. The molecular weight excluding hydrogens is 370 g/mol. The first kappa shape index (κ1) is 19.0. The molecule has 1 fully saturated rings. The van der Waals surface area contributed by atoms with E-state index in [0.717, 1.165) is 22.6 Å². The molecule has 1 amide bonds. The minimum atomic E-state index is -0.0857. The highest BCUT2D eigenvalue weighted by molar-refractivity contribution is 5.79. The standard InChI is InChI=1S/C22H23N3O4/c1-3-28-18-10-8-15(9-11-18)22-23-21(24-29-22)17-12-20(26)25(14-17)13-16-6-4-5-7-19(16)27-2/h4-11,17H,3,12-14H2,1-2H3. The van der Waals surface area contributed by atoms with Crippen molar-refractivity contribution >= 4 is 5.91 Å². The first-order valence-electron chi connectivity index (χ1n) is 9.64. The molecule has 0 bridgehead atoms. The molecular formula is C22H23N3O4. The molecule has 3 aromatic rings. The maximum absolute atomic E-state index is 12.5. The molecule has 2 aromatic carbocycles. The van der Waals surface area contributed by atoms with E-state index in [-0.39, 0.29) is 11.8 Å². The average molecular weight is 393 g/mol. The molecule has 1 aliphatic rings. The Hall–Kier alpha value is -3.35. The molecule has 1 aromatic heterocycles. The van der Waals surface area contributed by atoms with Crippen LogP contribution in [0.5, 0.6) is 11.5 Å². The minimum Gasteiger partial charge on any atom is -0.496 e. The number of benzene rings is 2. The van der Waals surface area contributed by atoms with Crippen molar-refractivity contribution in [3.63, 3.8) is 0 Å². The minimum absolute atomic E-state index is 0.0772. The van der Waals surface area contributed by atoms with Crippen LogP contribution in [-0.4, -0.2) is 41.2 Å². The Bertz CT molecular complexity index is 984.